The minimum Gasteiger partial charge on any atom is -0.467 e. The Kier molecular flexibility index (Phi) is 7.36. The Morgan fingerprint density at radius 1 is 1.16 bits per heavy atom. The minimum atomic E-state index is -0.624. The lowest BCUT2D eigenvalue weighted by Gasteiger charge is -2.45. The second-order valence-corrected chi connectivity index (χ2v) is 9.16. The molecule has 1 aromatic rings. The highest BCUT2D eigenvalue weighted by atomic mass is 16.7. The molecule has 0 unspecified atom stereocenters. The number of ether oxygens (including phenoxy) is 4. The normalized spacial score (nSPS) is 27.7. The molecule has 0 spiro atoms. The van der Waals surface area contributed by atoms with E-state index in [0.717, 1.165) is 37.8 Å². The summed E-state index contributed by atoms with van der Waals surface area (Å²) in [5, 5.41) is 0. The van der Waals surface area contributed by atoms with E-state index in [2.05, 4.69) is 17.9 Å². The second-order valence-electron chi connectivity index (χ2n) is 9.16. The summed E-state index contributed by atoms with van der Waals surface area (Å²) in [5.74, 6) is 0.837. The van der Waals surface area contributed by atoms with E-state index in [4.69, 9.17) is 18.9 Å². The van der Waals surface area contributed by atoms with Gasteiger partial charge in [-0.05, 0) is 75.6 Å². The molecule has 0 amide bonds. The van der Waals surface area contributed by atoms with E-state index >= 15 is 0 Å². The summed E-state index contributed by atoms with van der Waals surface area (Å²) >= 11 is 0. The van der Waals surface area contributed by atoms with Gasteiger partial charge in [0.15, 0.2) is 17.6 Å². The quantitative estimate of drug-likeness (QED) is 0.489. The van der Waals surface area contributed by atoms with Gasteiger partial charge in [-0.15, -0.1) is 0 Å². The molecule has 7 heteroatoms. The van der Waals surface area contributed by atoms with Crippen LogP contribution in [0.2, 0.25) is 0 Å². The molecule has 2 saturated heterocycles. The van der Waals surface area contributed by atoms with Crippen molar-refractivity contribution in [3.8, 4) is 11.5 Å². The molecule has 0 radical (unpaired) electrons. The third-order valence-electron chi connectivity index (χ3n) is 6.95. The average molecular weight is 446 g/mol. The molecule has 32 heavy (non-hydrogen) atoms. The van der Waals surface area contributed by atoms with Gasteiger partial charge in [0.1, 0.15) is 0 Å². The largest absolute Gasteiger partial charge is 0.467 e. The molecule has 2 heterocycles. The lowest BCUT2D eigenvalue weighted by Crippen LogP contribution is -2.49. The third kappa shape index (κ3) is 4.94. The van der Waals surface area contributed by atoms with Crippen molar-refractivity contribution in [2.45, 2.75) is 83.6 Å². The molecular weight excluding hydrogens is 410 g/mol. The van der Waals surface area contributed by atoms with Gasteiger partial charge in [-0.2, -0.15) is 0 Å². The Hall–Kier alpha value is -2.12. The van der Waals surface area contributed by atoms with E-state index in [-0.39, 0.29) is 11.9 Å². The van der Waals surface area contributed by atoms with Gasteiger partial charge in [-0.3, -0.25) is 9.69 Å². The summed E-state index contributed by atoms with van der Waals surface area (Å²) < 4.78 is 22.5. The summed E-state index contributed by atoms with van der Waals surface area (Å²) in [7, 11) is 1.36. The fourth-order valence-electron chi connectivity index (χ4n) is 5.53. The molecule has 0 aromatic heterocycles. The standard InChI is InChI=1S/C25H35NO6/c1-4-12-26-13-6-7-18-14-19-17(15-20(18)26)10-11-21(24(19)30-16(2)27)31-23-9-5-8-22(32-23)25(28)29-3/h10-11,18,20,22-23H,4-9,12-15H2,1-3H3/t18-,20-,22+,23-/m1/s1. The topological polar surface area (TPSA) is 74.3 Å². The molecule has 2 aliphatic heterocycles. The van der Waals surface area contributed by atoms with Gasteiger partial charge in [-0.25, -0.2) is 4.79 Å². The van der Waals surface area contributed by atoms with Crippen molar-refractivity contribution in [1.29, 1.82) is 0 Å². The van der Waals surface area contributed by atoms with Crippen molar-refractivity contribution in [3.05, 3.63) is 23.3 Å². The SMILES string of the molecule is CCCN1CCC[C@@H]2Cc3c(ccc(O[C@H]4CCC[C@@H](C(=O)OC)O4)c3OC(C)=O)C[C@H]21. The first kappa shape index (κ1) is 23.1. The van der Waals surface area contributed by atoms with Crippen molar-refractivity contribution in [2.75, 3.05) is 20.2 Å². The van der Waals surface area contributed by atoms with E-state index in [1.54, 1.807) is 0 Å². The van der Waals surface area contributed by atoms with Crippen LogP contribution in [0, 0.1) is 5.92 Å². The van der Waals surface area contributed by atoms with E-state index < -0.39 is 12.4 Å². The third-order valence-corrected chi connectivity index (χ3v) is 6.95. The van der Waals surface area contributed by atoms with Crippen molar-refractivity contribution in [2.24, 2.45) is 5.92 Å². The predicted octanol–water partition coefficient (Wildman–Crippen LogP) is 3.65. The van der Waals surface area contributed by atoms with Crippen molar-refractivity contribution in [1.82, 2.24) is 4.90 Å². The molecule has 4 atom stereocenters. The first-order valence-electron chi connectivity index (χ1n) is 12.0. The molecule has 1 aliphatic carbocycles. The van der Waals surface area contributed by atoms with E-state index in [1.165, 1.54) is 39.0 Å². The summed E-state index contributed by atoms with van der Waals surface area (Å²) in [6.07, 6.45) is 6.31. The van der Waals surface area contributed by atoms with Crippen LogP contribution in [0.3, 0.4) is 0 Å². The van der Waals surface area contributed by atoms with Gasteiger partial charge in [0.2, 0.25) is 6.29 Å². The monoisotopic (exact) mass is 445 g/mol. The van der Waals surface area contributed by atoms with Crippen LogP contribution in [0.25, 0.3) is 0 Å². The molecular formula is C25H35NO6. The number of carbonyl (C=O) groups excluding carboxylic acids is 2. The maximum absolute atomic E-state index is 12.0. The lowest BCUT2D eigenvalue weighted by atomic mass is 9.75. The molecule has 2 fully saturated rings. The minimum absolute atomic E-state index is 0.362. The maximum Gasteiger partial charge on any atom is 0.335 e. The number of rotatable bonds is 6. The van der Waals surface area contributed by atoms with Crippen LogP contribution in [-0.2, 0) is 31.9 Å². The Balaban J connectivity index is 1.58. The molecule has 176 valence electrons. The molecule has 4 rings (SSSR count). The average Bonchev–Trinajstić information content (AvgIpc) is 2.79. The van der Waals surface area contributed by atoms with Gasteiger partial charge < -0.3 is 18.9 Å². The summed E-state index contributed by atoms with van der Waals surface area (Å²) in [6, 6.07) is 4.54. The maximum atomic E-state index is 12.0. The number of fused-ring (bicyclic) bond motifs is 2. The van der Waals surface area contributed by atoms with Crippen molar-refractivity contribution >= 4 is 11.9 Å². The smallest absolute Gasteiger partial charge is 0.335 e. The Morgan fingerprint density at radius 3 is 2.75 bits per heavy atom. The van der Waals surface area contributed by atoms with Crippen LogP contribution in [0.5, 0.6) is 11.5 Å². The molecule has 0 N–H and O–H groups in total. The fraction of sp³-hybridized carbons (Fsp3) is 0.680. The summed E-state index contributed by atoms with van der Waals surface area (Å²) in [6.45, 7) is 5.96. The van der Waals surface area contributed by atoms with E-state index in [1.807, 2.05) is 6.07 Å². The molecule has 1 aromatic carbocycles. The zero-order chi connectivity index (χ0) is 22.7. The Labute approximate surface area is 190 Å². The van der Waals surface area contributed by atoms with Crippen molar-refractivity contribution < 1.29 is 28.5 Å². The molecule has 0 saturated carbocycles. The fourth-order valence-corrected chi connectivity index (χ4v) is 5.53. The lowest BCUT2D eigenvalue weighted by molar-refractivity contribution is -0.184. The number of esters is 2. The van der Waals surface area contributed by atoms with Crippen LogP contribution < -0.4 is 9.47 Å². The Morgan fingerprint density at radius 2 is 2.00 bits per heavy atom. The van der Waals surface area contributed by atoms with Crippen LogP contribution in [0.4, 0.5) is 0 Å². The highest BCUT2D eigenvalue weighted by Crippen LogP contribution is 2.43. The van der Waals surface area contributed by atoms with Crippen LogP contribution in [0.15, 0.2) is 12.1 Å². The number of carbonyl (C=O) groups is 2. The molecule has 0 bridgehead atoms. The first-order valence-corrected chi connectivity index (χ1v) is 12.0. The summed E-state index contributed by atoms with van der Waals surface area (Å²) in [5.41, 5.74) is 2.31. The number of hydrogen-bond acceptors (Lipinski definition) is 7. The van der Waals surface area contributed by atoms with Gasteiger partial charge in [0.25, 0.3) is 0 Å². The van der Waals surface area contributed by atoms with Gasteiger partial charge in [0.05, 0.1) is 7.11 Å². The Bertz CT molecular complexity index is 838. The highest BCUT2D eigenvalue weighted by Gasteiger charge is 2.38. The number of methoxy groups -OCH3 is 1. The number of hydrogen-bond donors (Lipinski definition) is 0. The molecule has 7 nitrogen and oxygen atoms in total. The highest BCUT2D eigenvalue weighted by molar-refractivity contribution is 5.74. The van der Waals surface area contributed by atoms with Crippen LogP contribution in [0.1, 0.15) is 63.5 Å². The number of nitrogens with zero attached hydrogens (tertiary/aromatic N) is 1. The van der Waals surface area contributed by atoms with E-state index in [0.29, 0.717) is 36.3 Å². The number of likely N-dealkylation sites (tertiary alicyclic amines) is 1. The predicted molar refractivity (Wildman–Crippen MR) is 119 cm³/mol. The van der Waals surface area contributed by atoms with Gasteiger partial charge >= 0.3 is 11.9 Å². The van der Waals surface area contributed by atoms with Gasteiger partial charge in [0, 0.05) is 24.9 Å². The van der Waals surface area contributed by atoms with Crippen LogP contribution in [-0.4, -0.2) is 55.5 Å². The number of benzene rings is 1. The van der Waals surface area contributed by atoms with Crippen LogP contribution >= 0.6 is 0 Å². The first-order chi connectivity index (χ1) is 15.5. The molecule has 3 aliphatic rings. The summed E-state index contributed by atoms with van der Waals surface area (Å²) in [4.78, 5) is 26.5. The number of piperidine rings is 1. The second kappa shape index (κ2) is 10.2. The van der Waals surface area contributed by atoms with Crippen molar-refractivity contribution in [3.63, 3.8) is 0 Å². The zero-order valence-corrected chi connectivity index (χ0v) is 19.4. The zero-order valence-electron chi connectivity index (χ0n) is 19.4. The van der Waals surface area contributed by atoms with E-state index in [9.17, 15) is 9.59 Å². The van der Waals surface area contributed by atoms with Gasteiger partial charge in [-0.1, -0.05) is 13.0 Å².